The third-order valence-electron chi connectivity index (χ3n) is 2.90. The Bertz CT molecular complexity index is 709. The van der Waals surface area contributed by atoms with Crippen LogP contribution in [0.25, 0.3) is 0 Å². The highest BCUT2D eigenvalue weighted by molar-refractivity contribution is 6.31. The minimum absolute atomic E-state index is 0.105. The molecule has 2 aromatic rings. The summed E-state index contributed by atoms with van der Waals surface area (Å²) in [5, 5.41) is 12.4. The molecule has 0 bridgehead atoms. The fourth-order valence-corrected chi connectivity index (χ4v) is 2.08. The molecule has 2 rings (SSSR count). The molecule has 1 aromatic heterocycles. The molecule has 1 amide bonds. The monoisotopic (exact) mass is 308 g/mol. The molecule has 4 N–H and O–H groups in total. The lowest BCUT2D eigenvalue weighted by Crippen LogP contribution is -2.14. The smallest absolute Gasteiger partial charge is 0.339 e. The van der Waals surface area contributed by atoms with Gasteiger partial charge in [0.15, 0.2) is 0 Å². The maximum Gasteiger partial charge on any atom is 0.339 e. The lowest BCUT2D eigenvalue weighted by Gasteiger charge is -2.09. The van der Waals surface area contributed by atoms with E-state index in [1.165, 1.54) is 12.1 Å². The van der Waals surface area contributed by atoms with E-state index < -0.39 is 11.9 Å². The van der Waals surface area contributed by atoms with Gasteiger partial charge in [-0.1, -0.05) is 11.6 Å². The van der Waals surface area contributed by atoms with E-state index >= 15 is 0 Å². The minimum Gasteiger partial charge on any atom is -0.478 e. The highest BCUT2D eigenvalue weighted by Gasteiger charge is 2.14. The number of hydrogen-bond donors (Lipinski definition) is 3. The molecular formula is C14H13ClN2O4. The summed E-state index contributed by atoms with van der Waals surface area (Å²) in [6.45, 7) is 1.77. The summed E-state index contributed by atoms with van der Waals surface area (Å²) < 4.78 is 5.34. The number of carboxylic acid groups (broad SMARTS) is 1. The summed E-state index contributed by atoms with van der Waals surface area (Å²) >= 11 is 5.88. The molecule has 0 spiro atoms. The summed E-state index contributed by atoms with van der Waals surface area (Å²) in [5.74, 6) is -0.889. The molecule has 7 heteroatoms. The van der Waals surface area contributed by atoms with Gasteiger partial charge in [-0.15, -0.1) is 0 Å². The Morgan fingerprint density at radius 2 is 2.05 bits per heavy atom. The Morgan fingerprint density at radius 1 is 1.33 bits per heavy atom. The van der Waals surface area contributed by atoms with Crippen LogP contribution < -0.4 is 11.1 Å². The quantitative estimate of drug-likeness (QED) is 0.787. The zero-order valence-corrected chi connectivity index (χ0v) is 11.9. The second-order valence-corrected chi connectivity index (χ2v) is 4.83. The number of carboxylic acids is 1. The van der Waals surface area contributed by atoms with Crippen LogP contribution >= 0.6 is 11.6 Å². The van der Waals surface area contributed by atoms with Crippen molar-refractivity contribution in [2.45, 2.75) is 13.5 Å². The molecule has 0 saturated carbocycles. The highest BCUT2D eigenvalue weighted by atomic mass is 35.5. The molecule has 0 aliphatic carbocycles. The largest absolute Gasteiger partial charge is 0.478 e. The van der Waals surface area contributed by atoms with E-state index in [0.29, 0.717) is 27.8 Å². The van der Waals surface area contributed by atoms with Crippen molar-refractivity contribution in [3.63, 3.8) is 0 Å². The molecule has 110 valence electrons. The summed E-state index contributed by atoms with van der Waals surface area (Å²) in [6, 6.07) is 6.07. The molecule has 21 heavy (non-hydrogen) atoms. The van der Waals surface area contributed by atoms with Crippen molar-refractivity contribution in [1.82, 2.24) is 0 Å². The molecule has 0 unspecified atom stereocenters. The van der Waals surface area contributed by atoms with Gasteiger partial charge in [-0.2, -0.15) is 0 Å². The Hall–Kier alpha value is -2.47. The third-order valence-corrected chi connectivity index (χ3v) is 3.13. The van der Waals surface area contributed by atoms with E-state index in [9.17, 15) is 9.59 Å². The van der Waals surface area contributed by atoms with Crippen molar-refractivity contribution in [3.8, 4) is 0 Å². The van der Waals surface area contributed by atoms with E-state index in [2.05, 4.69) is 5.32 Å². The Labute approximate surface area is 125 Å². The summed E-state index contributed by atoms with van der Waals surface area (Å²) in [6.07, 6.45) is 0. The van der Waals surface area contributed by atoms with Crippen LogP contribution in [0, 0.1) is 6.92 Å². The normalized spacial score (nSPS) is 10.4. The van der Waals surface area contributed by atoms with Crippen LogP contribution in [-0.2, 0) is 6.54 Å². The van der Waals surface area contributed by atoms with Gasteiger partial charge in [-0.25, -0.2) is 4.79 Å². The molecule has 0 aliphatic rings. The van der Waals surface area contributed by atoms with E-state index in [-0.39, 0.29) is 12.1 Å². The van der Waals surface area contributed by atoms with Crippen LogP contribution in [0.5, 0.6) is 0 Å². The zero-order valence-electron chi connectivity index (χ0n) is 11.1. The average molecular weight is 309 g/mol. The number of benzene rings is 1. The lowest BCUT2D eigenvalue weighted by molar-refractivity contribution is 0.0694. The number of amides is 1. The van der Waals surface area contributed by atoms with Crippen LogP contribution in [0.1, 0.15) is 32.2 Å². The summed E-state index contributed by atoms with van der Waals surface area (Å²) in [5.41, 5.74) is 6.13. The van der Waals surface area contributed by atoms with E-state index in [0.717, 1.165) is 0 Å². The molecule has 0 radical (unpaired) electrons. The number of aryl methyl sites for hydroxylation is 1. The first kappa shape index (κ1) is 14.9. The standard InChI is InChI=1S/C14H13ClN2O4/c1-7-11(14(19)20)5-9(21-7)6-17-12-4-8(15)2-3-10(12)13(16)18/h2-5,17H,6H2,1H3,(H2,16,18)(H,19,20). The Balaban J connectivity index is 2.20. The van der Waals surface area contributed by atoms with Crippen molar-refractivity contribution in [3.05, 3.63) is 51.9 Å². The number of rotatable bonds is 5. The number of carbonyl (C=O) groups excluding carboxylic acids is 1. The fraction of sp³-hybridized carbons (Fsp3) is 0.143. The van der Waals surface area contributed by atoms with E-state index in [1.54, 1.807) is 19.1 Å². The molecule has 0 aliphatic heterocycles. The molecule has 1 heterocycles. The maximum atomic E-state index is 11.3. The van der Waals surface area contributed by atoms with Gasteiger partial charge in [0.2, 0.25) is 0 Å². The van der Waals surface area contributed by atoms with E-state index in [4.69, 9.17) is 26.9 Å². The van der Waals surface area contributed by atoms with Crippen LogP contribution in [0.3, 0.4) is 0 Å². The first-order valence-corrected chi connectivity index (χ1v) is 6.42. The van der Waals surface area contributed by atoms with Gasteiger partial charge in [0, 0.05) is 10.7 Å². The molecule has 6 nitrogen and oxygen atoms in total. The molecule has 0 fully saturated rings. The number of carbonyl (C=O) groups is 2. The van der Waals surface area contributed by atoms with Crippen LogP contribution in [0.2, 0.25) is 5.02 Å². The maximum absolute atomic E-state index is 11.3. The number of aromatic carboxylic acids is 1. The van der Waals surface area contributed by atoms with Gasteiger partial charge >= 0.3 is 5.97 Å². The molecular weight excluding hydrogens is 296 g/mol. The first-order chi connectivity index (χ1) is 9.88. The molecule has 0 atom stereocenters. The second kappa shape index (κ2) is 5.88. The summed E-state index contributed by atoms with van der Waals surface area (Å²) in [4.78, 5) is 22.3. The number of nitrogens with two attached hydrogens (primary N) is 1. The third kappa shape index (κ3) is 3.35. The van der Waals surface area contributed by atoms with Crippen molar-refractivity contribution >= 4 is 29.2 Å². The topological polar surface area (TPSA) is 106 Å². The van der Waals surface area contributed by atoms with Crippen LogP contribution in [-0.4, -0.2) is 17.0 Å². The number of halogens is 1. The number of anilines is 1. The number of nitrogens with one attached hydrogen (secondary N) is 1. The van der Waals surface area contributed by atoms with E-state index in [1.807, 2.05) is 0 Å². The number of hydrogen-bond acceptors (Lipinski definition) is 4. The van der Waals surface area contributed by atoms with Crippen molar-refractivity contribution in [1.29, 1.82) is 0 Å². The van der Waals surface area contributed by atoms with Gasteiger partial charge in [0.25, 0.3) is 5.91 Å². The minimum atomic E-state index is -1.05. The number of furan rings is 1. The predicted molar refractivity (Wildman–Crippen MR) is 77.7 cm³/mol. The van der Waals surface area contributed by atoms with Crippen LogP contribution in [0.15, 0.2) is 28.7 Å². The highest BCUT2D eigenvalue weighted by Crippen LogP contribution is 2.22. The number of primary amides is 1. The average Bonchev–Trinajstić information content (AvgIpc) is 2.77. The molecule has 0 saturated heterocycles. The van der Waals surface area contributed by atoms with Crippen molar-refractivity contribution in [2.75, 3.05) is 5.32 Å². The lowest BCUT2D eigenvalue weighted by atomic mass is 10.1. The first-order valence-electron chi connectivity index (χ1n) is 6.04. The summed E-state index contributed by atoms with van der Waals surface area (Å²) in [7, 11) is 0. The Morgan fingerprint density at radius 3 is 2.62 bits per heavy atom. The Kier molecular flexibility index (Phi) is 4.18. The SMILES string of the molecule is Cc1oc(CNc2cc(Cl)ccc2C(N)=O)cc1C(=O)O. The van der Waals surface area contributed by atoms with Crippen molar-refractivity contribution < 1.29 is 19.1 Å². The van der Waals surface area contributed by atoms with Crippen molar-refractivity contribution in [2.24, 2.45) is 5.73 Å². The van der Waals surface area contributed by atoms with Gasteiger partial charge in [-0.3, -0.25) is 4.79 Å². The van der Waals surface area contributed by atoms with Gasteiger partial charge < -0.3 is 20.6 Å². The van der Waals surface area contributed by atoms with Gasteiger partial charge in [0.05, 0.1) is 12.1 Å². The predicted octanol–water partition coefficient (Wildman–Crippen LogP) is 2.65. The zero-order chi connectivity index (χ0) is 15.6. The van der Waals surface area contributed by atoms with Gasteiger partial charge in [-0.05, 0) is 31.2 Å². The molecule has 1 aromatic carbocycles. The van der Waals surface area contributed by atoms with Gasteiger partial charge in [0.1, 0.15) is 17.1 Å². The van der Waals surface area contributed by atoms with Crippen LogP contribution in [0.4, 0.5) is 5.69 Å². The second-order valence-electron chi connectivity index (χ2n) is 4.40. The fourth-order valence-electron chi connectivity index (χ4n) is 1.90.